The van der Waals surface area contributed by atoms with Crippen LogP contribution in [0.25, 0.3) is 0 Å². The lowest BCUT2D eigenvalue weighted by Gasteiger charge is -2.37. The second-order valence-corrected chi connectivity index (χ2v) is 7.58. The number of carbonyl (C=O) groups is 1. The van der Waals surface area contributed by atoms with E-state index in [9.17, 15) is 9.18 Å². The SMILES string of the molecule is COc1ccc(CN=C(NCC(=O)N(C)C)N2CCN(c3ccc(F)cc3)CC2)cc1.I. The van der Waals surface area contributed by atoms with Crippen LogP contribution in [-0.4, -0.2) is 75.6 Å². The van der Waals surface area contributed by atoms with Crippen LogP contribution in [0.3, 0.4) is 0 Å². The standard InChI is InChI=1S/C23H30FN5O2.HI/c1-27(2)22(30)17-26-23(25-16-18-4-10-21(31-3)11-5-18)29-14-12-28(13-15-29)20-8-6-19(24)7-9-20;/h4-11H,12-17H2,1-3H3,(H,25,26);1H. The molecule has 3 rings (SSSR count). The highest BCUT2D eigenvalue weighted by Gasteiger charge is 2.21. The predicted octanol–water partition coefficient (Wildman–Crippen LogP) is 2.81. The van der Waals surface area contributed by atoms with Gasteiger partial charge in [0.15, 0.2) is 5.96 Å². The maximum Gasteiger partial charge on any atom is 0.241 e. The number of methoxy groups -OCH3 is 1. The Bertz CT molecular complexity index is 882. The number of amides is 1. The molecule has 1 saturated heterocycles. The first-order valence-corrected chi connectivity index (χ1v) is 10.3. The molecule has 0 spiro atoms. The maximum absolute atomic E-state index is 13.2. The van der Waals surface area contributed by atoms with Crippen LogP contribution in [0.15, 0.2) is 53.5 Å². The van der Waals surface area contributed by atoms with E-state index in [1.165, 1.54) is 12.1 Å². The zero-order chi connectivity index (χ0) is 22.2. The fourth-order valence-electron chi connectivity index (χ4n) is 3.31. The zero-order valence-electron chi connectivity index (χ0n) is 18.8. The number of hydrogen-bond acceptors (Lipinski definition) is 4. The summed E-state index contributed by atoms with van der Waals surface area (Å²) in [7, 11) is 5.11. The molecule has 0 aliphatic carbocycles. The fraction of sp³-hybridized carbons (Fsp3) is 0.391. The molecule has 7 nitrogen and oxygen atoms in total. The van der Waals surface area contributed by atoms with Crippen molar-refractivity contribution >= 4 is 41.5 Å². The van der Waals surface area contributed by atoms with Gasteiger partial charge in [0.2, 0.25) is 5.91 Å². The van der Waals surface area contributed by atoms with Crippen molar-refractivity contribution in [1.29, 1.82) is 0 Å². The summed E-state index contributed by atoms with van der Waals surface area (Å²) in [6.45, 7) is 3.77. The molecular formula is C23H31FIN5O2. The average Bonchev–Trinajstić information content (AvgIpc) is 2.80. The molecule has 2 aromatic carbocycles. The molecule has 0 aromatic heterocycles. The van der Waals surface area contributed by atoms with Crippen LogP contribution in [0.2, 0.25) is 0 Å². The number of aliphatic imine (C=N–C) groups is 1. The molecule has 0 saturated carbocycles. The summed E-state index contributed by atoms with van der Waals surface area (Å²) in [5, 5.41) is 3.22. The summed E-state index contributed by atoms with van der Waals surface area (Å²) >= 11 is 0. The number of carbonyl (C=O) groups excluding carboxylic acids is 1. The number of hydrogen-bond donors (Lipinski definition) is 1. The number of nitrogens with one attached hydrogen (secondary N) is 1. The molecular weight excluding hydrogens is 524 g/mol. The van der Waals surface area contributed by atoms with Crippen molar-refractivity contribution < 1.29 is 13.9 Å². The van der Waals surface area contributed by atoms with Crippen LogP contribution in [0.1, 0.15) is 5.56 Å². The molecule has 1 fully saturated rings. The van der Waals surface area contributed by atoms with Gasteiger partial charge in [-0.3, -0.25) is 4.79 Å². The van der Waals surface area contributed by atoms with Gasteiger partial charge in [0.1, 0.15) is 11.6 Å². The van der Waals surface area contributed by atoms with E-state index in [0.29, 0.717) is 12.5 Å². The Morgan fingerprint density at radius 1 is 1.06 bits per heavy atom. The maximum atomic E-state index is 13.2. The lowest BCUT2D eigenvalue weighted by Crippen LogP contribution is -2.53. The van der Waals surface area contributed by atoms with Crippen LogP contribution in [0.4, 0.5) is 10.1 Å². The zero-order valence-corrected chi connectivity index (χ0v) is 21.1. The minimum Gasteiger partial charge on any atom is -0.497 e. The lowest BCUT2D eigenvalue weighted by molar-refractivity contribution is -0.127. The molecule has 32 heavy (non-hydrogen) atoms. The Hall–Kier alpha value is -2.56. The Labute approximate surface area is 206 Å². The van der Waals surface area contributed by atoms with Gasteiger partial charge in [0, 0.05) is 46.0 Å². The van der Waals surface area contributed by atoms with Crippen molar-refractivity contribution in [3.8, 4) is 5.75 Å². The smallest absolute Gasteiger partial charge is 0.241 e. The van der Waals surface area contributed by atoms with E-state index in [-0.39, 0.29) is 42.2 Å². The Balaban J connectivity index is 0.00000363. The first kappa shape index (κ1) is 25.7. The van der Waals surface area contributed by atoms with E-state index >= 15 is 0 Å². The Morgan fingerprint density at radius 3 is 2.25 bits per heavy atom. The third-order valence-electron chi connectivity index (χ3n) is 5.24. The van der Waals surface area contributed by atoms with Crippen molar-refractivity contribution in [1.82, 2.24) is 15.1 Å². The van der Waals surface area contributed by atoms with Gasteiger partial charge in [-0.15, -0.1) is 24.0 Å². The van der Waals surface area contributed by atoms with Gasteiger partial charge >= 0.3 is 0 Å². The number of anilines is 1. The van der Waals surface area contributed by atoms with E-state index in [0.717, 1.165) is 43.2 Å². The van der Waals surface area contributed by atoms with Crippen LogP contribution in [0, 0.1) is 5.82 Å². The topological polar surface area (TPSA) is 60.4 Å². The summed E-state index contributed by atoms with van der Waals surface area (Å²) in [6.07, 6.45) is 0. The average molecular weight is 555 g/mol. The quantitative estimate of drug-likeness (QED) is 0.338. The minimum atomic E-state index is -0.231. The Kier molecular flexibility index (Phi) is 10.0. The predicted molar refractivity (Wildman–Crippen MR) is 136 cm³/mol. The molecule has 174 valence electrons. The highest BCUT2D eigenvalue weighted by molar-refractivity contribution is 14.0. The second-order valence-electron chi connectivity index (χ2n) is 7.58. The number of piperazine rings is 1. The van der Waals surface area contributed by atoms with Crippen molar-refractivity contribution in [2.75, 3.05) is 58.8 Å². The number of halogens is 2. The molecule has 0 unspecified atom stereocenters. The van der Waals surface area contributed by atoms with Crippen molar-refractivity contribution in [2.24, 2.45) is 4.99 Å². The van der Waals surface area contributed by atoms with E-state index in [2.05, 4.69) is 15.1 Å². The summed E-state index contributed by atoms with van der Waals surface area (Å²) < 4.78 is 18.4. The summed E-state index contributed by atoms with van der Waals surface area (Å²) in [5.41, 5.74) is 2.07. The molecule has 1 N–H and O–H groups in total. The summed E-state index contributed by atoms with van der Waals surface area (Å²) in [5.74, 6) is 1.27. The molecule has 1 aliphatic rings. The third kappa shape index (κ3) is 7.25. The van der Waals surface area contributed by atoms with E-state index in [4.69, 9.17) is 9.73 Å². The van der Waals surface area contributed by atoms with Gasteiger partial charge in [-0.1, -0.05) is 12.1 Å². The number of nitrogens with zero attached hydrogens (tertiary/aromatic N) is 4. The summed E-state index contributed by atoms with van der Waals surface area (Å²) in [4.78, 5) is 22.8. The van der Waals surface area contributed by atoms with Gasteiger partial charge in [0.25, 0.3) is 0 Å². The highest BCUT2D eigenvalue weighted by atomic mass is 127. The molecule has 0 atom stereocenters. The molecule has 1 amide bonds. The fourth-order valence-corrected chi connectivity index (χ4v) is 3.31. The lowest BCUT2D eigenvalue weighted by atomic mass is 10.2. The normalized spacial score (nSPS) is 13.9. The second kappa shape index (κ2) is 12.5. The number of likely N-dealkylation sites (N-methyl/N-ethyl adjacent to an activating group) is 1. The van der Waals surface area contributed by atoms with Gasteiger partial charge < -0.3 is 24.8 Å². The Morgan fingerprint density at radius 2 is 1.69 bits per heavy atom. The van der Waals surface area contributed by atoms with Crippen LogP contribution in [-0.2, 0) is 11.3 Å². The van der Waals surface area contributed by atoms with Crippen LogP contribution in [0.5, 0.6) is 5.75 Å². The molecule has 0 radical (unpaired) electrons. The first-order chi connectivity index (χ1) is 15.0. The monoisotopic (exact) mass is 555 g/mol. The van der Waals surface area contributed by atoms with Gasteiger partial charge in [-0.25, -0.2) is 9.38 Å². The largest absolute Gasteiger partial charge is 0.497 e. The molecule has 0 bridgehead atoms. The highest BCUT2D eigenvalue weighted by Crippen LogP contribution is 2.17. The van der Waals surface area contributed by atoms with E-state index < -0.39 is 0 Å². The molecule has 1 aliphatic heterocycles. The number of ether oxygens (including phenoxy) is 1. The van der Waals surface area contributed by atoms with Gasteiger partial charge in [0.05, 0.1) is 20.2 Å². The van der Waals surface area contributed by atoms with Gasteiger partial charge in [-0.05, 0) is 42.0 Å². The third-order valence-corrected chi connectivity index (χ3v) is 5.24. The number of benzene rings is 2. The molecule has 2 aromatic rings. The van der Waals surface area contributed by atoms with Crippen molar-refractivity contribution in [3.05, 3.63) is 59.9 Å². The molecule has 9 heteroatoms. The van der Waals surface area contributed by atoms with Crippen molar-refractivity contribution in [2.45, 2.75) is 6.54 Å². The van der Waals surface area contributed by atoms with Crippen LogP contribution < -0.4 is 15.0 Å². The van der Waals surface area contributed by atoms with E-state index in [1.807, 2.05) is 24.3 Å². The van der Waals surface area contributed by atoms with Gasteiger partial charge in [-0.2, -0.15) is 0 Å². The number of guanidine groups is 1. The minimum absolute atomic E-state index is 0. The number of rotatable bonds is 6. The first-order valence-electron chi connectivity index (χ1n) is 10.3. The van der Waals surface area contributed by atoms with E-state index in [1.54, 1.807) is 38.2 Å². The van der Waals surface area contributed by atoms with Crippen LogP contribution >= 0.6 is 24.0 Å². The molecule has 1 heterocycles. The summed E-state index contributed by atoms with van der Waals surface area (Å²) in [6, 6.07) is 14.4. The van der Waals surface area contributed by atoms with Crippen molar-refractivity contribution in [3.63, 3.8) is 0 Å².